The van der Waals surface area contributed by atoms with E-state index in [9.17, 15) is 0 Å². The van der Waals surface area contributed by atoms with Crippen molar-refractivity contribution in [1.82, 2.24) is 15.5 Å². The Morgan fingerprint density at radius 1 is 1.12 bits per heavy atom. The molecule has 0 aromatic rings. The van der Waals surface area contributed by atoms with Crippen LogP contribution in [0.3, 0.4) is 0 Å². The topological polar surface area (TPSA) is 27.3 Å². The van der Waals surface area contributed by atoms with Crippen molar-refractivity contribution in [2.24, 2.45) is 10.8 Å². The molecular formula is C13H27N3. The van der Waals surface area contributed by atoms with Crippen LogP contribution in [0, 0.1) is 10.8 Å². The van der Waals surface area contributed by atoms with E-state index < -0.39 is 0 Å². The molecule has 2 N–H and O–H groups in total. The van der Waals surface area contributed by atoms with Crippen molar-refractivity contribution in [3.8, 4) is 0 Å². The Balaban J connectivity index is 1.66. The summed E-state index contributed by atoms with van der Waals surface area (Å²) in [7, 11) is 0. The third kappa shape index (κ3) is 2.13. The van der Waals surface area contributed by atoms with Gasteiger partial charge in [0.25, 0.3) is 0 Å². The summed E-state index contributed by atoms with van der Waals surface area (Å²) >= 11 is 0. The maximum absolute atomic E-state index is 3.72. The molecule has 3 nitrogen and oxygen atoms in total. The zero-order chi connectivity index (χ0) is 11.8. The van der Waals surface area contributed by atoms with Gasteiger partial charge in [0.15, 0.2) is 0 Å². The van der Waals surface area contributed by atoms with E-state index >= 15 is 0 Å². The second-order valence-corrected chi connectivity index (χ2v) is 6.42. The molecule has 2 rings (SSSR count). The van der Waals surface area contributed by atoms with Gasteiger partial charge < -0.3 is 10.6 Å². The Kier molecular flexibility index (Phi) is 3.30. The molecule has 1 saturated heterocycles. The quantitative estimate of drug-likeness (QED) is 0.745. The molecule has 1 saturated carbocycles. The van der Waals surface area contributed by atoms with Crippen LogP contribution in [-0.4, -0.2) is 50.2 Å². The monoisotopic (exact) mass is 225 g/mol. The second kappa shape index (κ2) is 4.28. The van der Waals surface area contributed by atoms with E-state index in [1.807, 2.05) is 0 Å². The molecule has 0 bridgehead atoms. The van der Waals surface area contributed by atoms with Gasteiger partial charge >= 0.3 is 0 Å². The van der Waals surface area contributed by atoms with Crippen LogP contribution in [0.4, 0.5) is 0 Å². The van der Waals surface area contributed by atoms with E-state index in [1.54, 1.807) is 0 Å². The molecule has 1 aliphatic heterocycles. The molecule has 2 aliphatic rings. The SMILES string of the molecule is CC1(C)C(NCCN2CCNCC2)C1(C)C. The highest BCUT2D eigenvalue weighted by atomic mass is 15.2. The van der Waals surface area contributed by atoms with Crippen LogP contribution in [0.2, 0.25) is 0 Å². The first kappa shape index (κ1) is 12.3. The first-order valence-corrected chi connectivity index (χ1v) is 6.63. The summed E-state index contributed by atoms with van der Waals surface area (Å²) < 4.78 is 0. The molecule has 0 aromatic heterocycles. The molecule has 0 amide bonds. The summed E-state index contributed by atoms with van der Waals surface area (Å²) in [6, 6.07) is 0.697. The minimum absolute atomic E-state index is 0.469. The predicted octanol–water partition coefficient (Wildman–Crippen LogP) is 0.916. The summed E-state index contributed by atoms with van der Waals surface area (Å²) in [5.41, 5.74) is 0.937. The van der Waals surface area contributed by atoms with Crippen molar-refractivity contribution in [2.45, 2.75) is 33.7 Å². The molecule has 0 spiro atoms. The molecular weight excluding hydrogens is 198 g/mol. The van der Waals surface area contributed by atoms with Gasteiger partial charge in [-0.2, -0.15) is 0 Å². The van der Waals surface area contributed by atoms with Gasteiger partial charge in [0, 0.05) is 45.3 Å². The molecule has 0 atom stereocenters. The zero-order valence-corrected chi connectivity index (χ0v) is 11.3. The highest BCUT2D eigenvalue weighted by Gasteiger charge is 2.64. The van der Waals surface area contributed by atoms with Gasteiger partial charge in [0.2, 0.25) is 0 Å². The summed E-state index contributed by atoms with van der Waals surface area (Å²) in [6.45, 7) is 16.5. The molecule has 0 aromatic carbocycles. The van der Waals surface area contributed by atoms with Gasteiger partial charge in [0.05, 0.1) is 0 Å². The summed E-state index contributed by atoms with van der Waals surface area (Å²) in [6.07, 6.45) is 0. The summed E-state index contributed by atoms with van der Waals surface area (Å²) in [5, 5.41) is 7.11. The zero-order valence-electron chi connectivity index (χ0n) is 11.3. The number of piperazine rings is 1. The minimum atomic E-state index is 0.469. The van der Waals surface area contributed by atoms with E-state index in [1.165, 1.54) is 19.6 Å². The molecule has 3 heteroatoms. The molecule has 16 heavy (non-hydrogen) atoms. The smallest absolute Gasteiger partial charge is 0.0181 e. The van der Waals surface area contributed by atoms with E-state index in [2.05, 4.69) is 43.2 Å². The van der Waals surface area contributed by atoms with Crippen LogP contribution in [0.1, 0.15) is 27.7 Å². The van der Waals surface area contributed by atoms with Crippen molar-refractivity contribution in [3.05, 3.63) is 0 Å². The Bertz CT molecular complexity index is 228. The van der Waals surface area contributed by atoms with Crippen molar-refractivity contribution in [2.75, 3.05) is 39.3 Å². The lowest BCUT2D eigenvalue weighted by molar-refractivity contribution is 0.239. The van der Waals surface area contributed by atoms with Crippen molar-refractivity contribution < 1.29 is 0 Å². The van der Waals surface area contributed by atoms with Crippen LogP contribution < -0.4 is 10.6 Å². The molecule has 1 heterocycles. The van der Waals surface area contributed by atoms with E-state index in [0.29, 0.717) is 16.9 Å². The van der Waals surface area contributed by atoms with Crippen LogP contribution >= 0.6 is 0 Å². The van der Waals surface area contributed by atoms with Crippen molar-refractivity contribution in [1.29, 1.82) is 0 Å². The number of nitrogens with zero attached hydrogens (tertiary/aromatic N) is 1. The lowest BCUT2D eigenvalue weighted by Crippen LogP contribution is -2.46. The van der Waals surface area contributed by atoms with Crippen LogP contribution in [0.5, 0.6) is 0 Å². The first-order chi connectivity index (χ1) is 7.46. The van der Waals surface area contributed by atoms with E-state index in [-0.39, 0.29) is 0 Å². The fourth-order valence-electron chi connectivity index (χ4n) is 3.01. The summed E-state index contributed by atoms with van der Waals surface area (Å²) in [4.78, 5) is 2.55. The van der Waals surface area contributed by atoms with Crippen molar-refractivity contribution >= 4 is 0 Å². The largest absolute Gasteiger partial charge is 0.314 e. The van der Waals surface area contributed by atoms with Gasteiger partial charge in [0.1, 0.15) is 0 Å². The van der Waals surface area contributed by atoms with Crippen LogP contribution in [0.25, 0.3) is 0 Å². The molecule has 1 aliphatic carbocycles. The Hall–Kier alpha value is -0.120. The lowest BCUT2D eigenvalue weighted by atomic mass is 10.0. The fraction of sp³-hybridized carbons (Fsp3) is 1.00. The standard InChI is InChI=1S/C13H27N3/c1-12(2)11(13(12,3)4)15-7-10-16-8-5-14-6-9-16/h11,14-15H,5-10H2,1-4H3. The van der Waals surface area contributed by atoms with E-state index in [0.717, 1.165) is 19.6 Å². The Morgan fingerprint density at radius 2 is 1.69 bits per heavy atom. The molecule has 94 valence electrons. The van der Waals surface area contributed by atoms with Gasteiger partial charge in [-0.1, -0.05) is 27.7 Å². The minimum Gasteiger partial charge on any atom is -0.314 e. The number of hydrogen-bond acceptors (Lipinski definition) is 3. The Morgan fingerprint density at radius 3 is 2.19 bits per heavy atom. The number of nitrogens with one attached hydrogen (secondary N) is 2. The van der Waals surface area contributed by atoms with Gasteiger partial charge in [-0.05, 0) is 10.8 Å². The molecule has 0 radical (unpaired) electrons. The van der Waals surface area contributed by atoms with Gasteiger partial charge in [-0.25, -0.2) is 0 Å². The maximum Gasteiger partial charge on any atom is 0.0181 e. The van der Waals surface area contributed by atoms with Gasteiger partial charge in [-0.15, -0.1) is 0 Å². The number of hydrogen-bond donors (Lipinski definition) is 2. The highest BCUT2D eigenvalue weighted by molar-refractivity contribution is 5.17. The average molecular weight is 225 g/mol. The van der Waals surface area contributed by atoms with E-state index in [4.69, 9.17) is 0 Å². The fourth-order valence-corrected chi connectivity index (χ4v) is 3.01. The molecule has 0 unspecified atom stereocenters. The third-order valence-corrected chi connectivity index (χ3v) is 5.01. The summed E-state index contributed by atoms with van der Waals surface area (Å²) in [5.74, 6) is 0. The third-order valence-electron chi connectivity index (χ3n) is 5.01. The lowest BCUT2D eigenvalue weighted by Gasteiger charge is -2.27. The first-order valence-electron chi connectivity index (χ1n) is 6.63. The second-order valence-electron chi connectivity index (χ2n) is 6.42. The van der Waals surface area contributed by atoms with Gasteiger partial charge in [-0.3, -0.25) is 4.90 Å². The normalized spacial score (nSPS) is 29.2. The predicted molar refractivity (Wildman–Crippen MR) is 68.7 cm³/mol. The van der Waals surface area contributed by atoms with Crippen LogP contribution in [-0.2, 0) is 0 Å². The highest BCUT2D eigenvalue weighted by Crippen LogP contribution is 2.62. The Labute approximate surface area is 100.0 Å². The number of rotatable bonds is 4. The van der Waals surface area contributed by atoms with Crippen LogP contribution in [0.15, 0.2) is 0 Å². The average Bonchev–Trinajstić information content (AvgIpc) is 2.62. The van der Waals surface area contributed by atoms with Crippen molar-refractivity contribution in [3.63, 3.8) is 0 Å². The maximum atomic E-state index is 3.72. The molecule has 2 fully saturated rings.